The molecule has 1 atom stereocenters. The van der Waals surface area contributed by atoms with Gasteiger partial charge in [0.05, 0.1) is 0 Å². The first kappa shape index (κ1) is 14.2. The summed E-state index contributed by atoms with van der Waals surface area (Å²) in [5, 5.41) is 14.3. The van der Waals surface area contributed by atoms with Crippen molar-refractivity contribution in [3.8, 4) is 23.1 Å². The van der Waals surface area contributed by atoms with Gasteiger partial charge in [-0.1, -0.05) is 17.2 Å². The van der Waals surface area contributed by atoms with Crippen molar-refractivity contribution < 1.29 is 18.7 Å². The van der Waals surface area contributed by atoms with E-state index in [-0.39, 0.29) is 18.5 Å². The Balaban J connectivity index is 1.44. The van der Waals surface area contributed by atoms with Crippen molar-refractivity contribution in [3.63, 3.8) is 0 Å². The molecule has 3 heterocycles. The molecule has 0 radical (unpaired) electrons. The highest BCUT2D eigenvalue weighted by Crippen LogP contribution is 2.31. The predicted octanol–water partition coefficient (Wildman–Crippen LogP) is 1.25. The lowest BCUT2D eigenvalue weighted by Crippen LogP contribution is -2.40. The molecule has 1 N–H and O–H groups in total. The molecule has 1 aliphatic heterocycles. The molecule has 1 aromatic carbocycles. The number of carbonyl (C=O) groups excluding carboxylic acids is 1. The van der Waals surface area contributed by atoms with E-state index in [4.69, 9.17) is 13.9 Å². The highest BCUT2D eigenvalue weighted by Gasteiger charge is 2.28. The van der Waals surface area contributed by atoms with E-state index in [2.05, 4.69) is 20.6 Å². The minimum Gasteiger partial charge on any atom is -0.485 e. The van der Waals surface area contributed by atoms with Gasteiger partial charge < -0.3 is 13.9 Å². The highest BCUT2D eigenvalue weighted by atomic mass is 16.6. The summed E-state index contributed by atoms with van der Waals surface area (Å²) in [5.74, 6) is 0.915. The van der Waals surface area contributed by atoms with E-state index in [1.54, 1.807) is 42.2 Å². The Morgan fingerprint density at radius 3 is 2.88 bits per heavy atom. The van der Waals surface area contributed by atoms with Crippen molar-refractivity contribution in [2.24, 2.45) is 7.05 Å². The fourth-order valence-corrected chi connectivity index (χ4v) is 2.24. The van der Waals surface area contributed by atoms with Crippen molar-refractivity contribution in [1.82, 2.24) is 20.0 Å². The van der Waals surface area contributed by atoms with Crippen LogP contribution >= 0.6 is 0 Å². The van der Waals surface area contributed by atoms with E-state index in [9.17, 15) is 4.79 Å². The fraction of sp³-hybridized carbons (Fsp3) is 0.200. The summed E-state index contributed by atoms with van der Waals surface area (Å²) in [6, 6.07) is 8.86. The first-order valence-electron chi connectivity index (χ1n) is 7.22. The van der Waals surface area contributed by atoms with Crippen molar-refractivity contribution in [3.05, 3.63) is 36.5 Å². The average Bonchev–Trinajstić information content (AvgIpc) is 3.23. The molecule has 3 aromatic rings. The third-order valence-corrected chi connectivity index (χ3v) is 3.39. The predicted molar refractivity (Wildman–Crippen MR) is 81.5 cm³/mol. The number of benzene rings is 1. The lowest BCUT2D eigenvalue weighted by Gasteiger charge is -2.24. The molecular formula is C15H13N5O4. The summed E-state index contributed by atoms with van der Waals surface area (Å²) in [6.07, 6.45) is 0.952. The maximum Gasteiger partial charge on any atom is 0.322 e. The number of ether oxygens (including phenoxy) is 2. The number of hydrogen-bond donors (Lipinski definition) is 1. The van der Waals surface area contributed by atoms with Gasteiger partial charge in [-0.05, 0) is 18.2 Å². The van der Waals surface area contributed by atoms with E-state index < -0.39 is 12.0 Å². The maximum absolute atomic E-state index is 12.3. The van der Waals surface area contributed by atoms with Gasteiger partial charge in [0.25, 0.3) is 11.8 Å². The Labute approximate surface area is 136 Å². The van der Waals surface area contributed by atoms with Crippen LogP contribution in [0, 0.1) is 0 Å². The molecule has 2 aromatic heterocycles. The average molecular weight is 327 g/mol. The Kier molecular flexibility index (Phi) is 3.38. The Morgan fingerprint density at radius 1 is 1.25 bits per heavy atom. The van der Waals surface area contributed by atoms with Crippen molar-refractivity contribution in [2.75, 3.05) is 11.9 Å². The summed E-state index contributed by atoms with van der Waals surface area (Å²) in [4.78, 5) is 12.3. The van der Waals surface area contributed by atoms with E-state index in [1.165, 1.54) is 0 Å². The van der Waals surface area contributed by atoms with Crippen LogP contribution in [0.2, 0.25) is 0 Å². The van der Waals surface area contributed by atoms with Crippen LogP contribution in [0.5, 0.6) is 11.5 Å². The number of aromatic nitrogens is 4. The van der Waals surface area contributed by atoms with Gasteiger partial charge in [-0.3, -0.25) is 14.8 Å². The topological polar surface area (TPSA) is 104 Å². The highest BCUT2D eigenvalue weighted by molar-refractivity contribution is 5.93. The number of fused-ring (bicyclic) bond motifs is 1. The van der Waals surface area contributed by atoms with E-state index in [1.807, 2.05) is 6.07 Å². The fourth-order valence-electron chi connectivity index (χ4n) is 2.24. The van der Waals surface area contributed by atoms with Gasteiger partial charge in [0.2, 0.25) is 6.10 Å². The molecule has 24 heavy (non-hydrogen) atoms. The molecule has 0 spiro atoms. The van der Waals surface area contributed by atoms with Crippen LogP contribution in [0.3, 0.4) is 0 Å². The second-order valence-corrected chi connectivity index (χ2v) is 5.14. The summed E-state index contributed by atoms with van der Waals surface area (Å²) in [6.45, 7) is 0.101. The zero-order valence-electron chi connectivity index (χ0n) is 12.7. The van der Waals surface area contributed by atoms with Gasteiger partial charge in [0.1, 0.15) is 12.3 Å². The van der Waals surface area contributed by atoms with Gasteiger partial charge in [0, 0.05) is 13.2 Å². The Bertz CT molecular complexity index is 887. The lowest BCUT2D eigenvalue weighted by molar-refractivity contribution is -0.125. The van der Waals surface area contributed by atoms with Gasteiger partial charge in [0.15, 0.2) is 11.5 Å². The number of nitrogens with one attached hydrogen (secondary N) is 1. The number of anilines is 1. The molecule has 122 valence electrons. The number of para-hydroxylation sites is 2. The number of aryl methyl sites for hydroxylation is 1. The van der Waals surface area contributed by atoms with Gasteiger partial charge in [-0.2, -0.15) is 5.10 Å². The maximum atomic E-state index is 12.3. The van der Waals surface area contributed by atoms with Gasteiger partial charge >= 0.3 is 6.01 Å². The van der Waals surface area contributed by atoms with Crippen LogP contribution < -0.4 is 14.8 Å². The third kappa shape index (κ3) is 2.67. The molecule has 0 bridgehead atoms. The second kappa shape index (κ2) is 5.69. The number of amides is 1. The molecule has 9 nitrogen and oxygen atoms in total. The smallest absolute Gasteiger partial charge is 0.322 e. The summed E-state index contributed by atoms with van der Waals surface area (Å²) in [7, 11) is 1.78. The molecule has 0 aliphatic carbocycles. The molecule has 0 fully saturated rings. The summed E-state index contributed by atoms with van der Waals surface area (Å²) in [5.41, 5.74) is 0.525. The zero-order chi connectivity index (χ0) is 16.5. The largest absolute Gasteiger partial charge is 0.485 e. The monoisotopic (exact) mass is 327 g/mol. The normalized spacial score (nSPS) is 16.0. The lowest BCUT2D eigenvalue weighted by atomic mass is 10.2. The van der Waals surface area contributed by atoms with Crippen molar-refractivity contribution in [1.29, 1.82) is 0 Å². The molecule has 0 saturated heterocycles. The number of nitrogens with zero attached hydrogens (tertiary/aromatic N) is 4. The SMILES string of the molecule is Cn1ccc(-c2nnc(NC(=O)C3COc4ccccc4O3)o2)n1. The molecule has 0 saturated carbocycles. The molecule has 1 unspecified atom stereocenters. The number of carbonyl (C=O) groups is 1. The second-order valence-electron chi connectivity index (χ2n) is 5.14. The molecule has 1 amide bonds. The number of hydrogen-bond acceptors (Lipinski definition) is 7. The van der Waals surface area contributed by atoms with Crippen LogP contribution in [-0.2, 0) is 11.8 Å². The van der Waals surface area contributed by atoms with Crippen molar-refractivity contribution in [2.45, 2.75) is 6.10 Å². The first-order valence-corrected chi connectivity index (χ1v) is 7.22. The van der Waals surface area contributed by atoms with Gasteiger partial charge in [-0.25, -0.2) is 0 Å². The quantitative estimate of drug-likeness (QED) is 0.772. The van der Waals surface area contributed by atoms with E-state index in [0.29, 0.717) is 17.2 Å². The van der Waals surface area contributed by atoms with E-state index in [0.717, 1.165) is 0 Å². The molecule has 1 aliphatic rings. The minimum atomic E-state index is -0.801. The number of rotatable bonds is 3. The van der Waals surface area contributed by atoms with Crippen LogP contribution in [-0.4, -0.2) is 38.6 Å². The van der Waals surface area contributed by atoms with Crippen LogP contribution in [0.25, 0.3) is 11.6 Å². The molecule has 9 heteroatoms. The van der Waals surface area contributed by atoms with Crippen LogP contribution in [0.15, 0.2) is 40.9 Å². The van der Waals surface area contributed by atoms with Crippen molar-refractivity contribution >= 4 is 11.9 Å². The standard InChI is InChI=1S/C15H13N5O4/c1-20-7-6-9(19-20)14-17-18-15(24-14)16-13(21)12-8-22-10-4-2-3-5-11(10)23-12/h2-7,12H,8H2,1H3,(H,16,18,21). The minimum absolute atomic E-state index is 0.0249. The molecule has 4 rings (SSSR count). The zero-order valence-corrected chi connectivity index (χ0v) is 12.7. The summed E-state index contributed by atoms with van der Waals surface area (Å²) >= 11 is 0. The van der Waals surface area contributed by atoms with Gasteiger partial charge in [-0.15, -0.1) is 5.10 Å². The Morgan fingerprint density at radius 2 is 2.08 bits per heavy atom. The Hall–Kier alpha value is -3.36. The van der Waals surface area contributed by atoms with Crippen LogP contribution in [0.4, 0.5) is 6.01 Å². The third-order valence-electron chi connectivity index (χ3n) is 3.39. The van der Waals surface area contributed by atoms with E-state index >= 15 is 0 Å². The van der Waals surface area contributed by atoms with Crippen LogP contribution in [0.1, 0.15) is 0 Å². The first-order chi connectivity index (χ1) is 11.7. The molecular weight excluding hydrogens is 314 g/mol. The summed E-state index contributed by atoms with van der Waals surface area (Å²) < 4.78 is 18.1.